The van der Waals surface area contributed by atoms with Crippen molar-refractivity contribution in [3.63, 3.8) is 0 Å². The van der Waals surface area contributed by atoms with Crippen LogP contribution < -0.4 is 0 Å². The maximum atomic E-state index is 12.8. The van der Waals surface area contributed by atoms with Gasteiger partial charge in [0.2, 0.25) is 0 Å². The lowest BCUT2D eigenvalue weighted by atomic mass is 9.96. The summed E-state index contributed by atoms with van der Waals surface area (Å²) in [5, 5.41) is 0. The molecule has 4 heteroatoms. The van der Waals surface area contributed by atoms with Crippen molar-refractivity contribution in [1.82, 2.24) is 0 Å². The average molecular weight is 447 g/mol. The number of hydrogen-bond acceptors (Lipinski definition) is 4. The zero-order valence-electron chi connectivity index (χ0n) is 20.9. The summed E-state index contributed by atoms with van der Waals surface area (Å²) in [6, 6.07) is 5.49. The van der Waals surface area contributed by atoms with Gasteiger partial charge >= 0.3 is 11.9 Å². The van der Waals surface area contributed by atoms with Crippen LogP contribution in [0.25, 0.3) is 0 Å². The van der Waals surface area contributed by atoms with Crippen molar-refractivity contribution in [1.29, 1.82) is 0 Å². The minimum Gasteiger partial charge on any atom is -0.462 e. The minimum atomic E-state index is -0.425. The Hall–Kier alpha value is -1.84. The molecule has 0 aromatic heterocycles. The standard InChI is InChI=1S/C28H46O4/c1-4-7-10-11-12-13-14-15-16-17-19-24-20-18-21-25(27(29)31-22-8-5-2)26(24)28(30)32-23-9-6-3/h18,20-21H,4-17,19,22-23H2,1-3H3. The summed E-state index contributed by atoms with van der Waals surface area (Å²) < 4.78 is 10.9. The van der Waals surface area contributed by atoms with E-state index in [2.05, 4.69) is 20.8 Å². The monoisotopic (exact) mass is 446 g/mol. The molecule has 0 spiro atoms. The molecule has 0 amide bonds. The Morgan fingerprint density at radius 2 is 1.12 bits per heavy atom. The van der Waals surface area contributed by atoms with Crippen LogP contribution in [0.3, 0.4) is 0 Å². The molecule has 0 aliphatic carbocycles. The molecule has 0 N–H and O–H groups in total. The molecule has 0 radical (unpaired) electrons. The van der Waals surface area contributed by atoms with E-state index >= 15 is 0 Å². The third-order valence-corrected chi connectivity index (χ3v) is 5.84. The lowest BCUT2D eigenvalue weighted by Gasteiger charge is -2.14. The Kier molecular flexibility index (Phi) is 16.5. The molecule has 0 saturated carbocycles. The second-order valence-corrected chi connectivity index (χ2v) is 8.75. The van der Waals surface area contributed by atoms with Gasteiger partial charge in [-0.15, -0.1) is 0 Å². The van der Waals surface area contributed by atoms with Crippen molar-refractivity contribution in [3.8, 4) is 0 Å². The van der Waals surface area contributed by atoms with Crippen LogP contribution in [0.5, 0.6) is 0 Å². The van der Waals surface area contributed by atoms with Gasteiger partial charge < -0.3 is 9.47 Å². The average Bonchev–Trinajstić information content (AvgIpc) is 2.80. The van der Waals surface area contributed by atoms with Crippen molar-refractivity contribution >= 4 is 11.9 Å². The van der Waals surface area contributed by atoms with Crippen molar-refractivity contribution < 1.29 is 19.1 Å². The van der Waals surface area contributed by atoms with Gasteiger partial charge in [-0.3, -0.25) is 0 Å². The molecular formula is C28H46O4. The maximum absolute atomic E-state index is 12.8. The summed E-state index contributed by atoms with van der Waals surface area (Å²) in [6.07, 6.45) is 17.0. The summed E-state index contributed by atoms with van der Waals surface area (Å²) in [7, 11) is 0. The summed E-state index contributed by atoms with van der Waals surface area (Å²) in [4.78, 5) is 25.5. The van der Waals surface area contributed by atoms with Crippen LogP contribution in [0.1, 0.15) is 137 Å². The first-order valence-electron chi connectivity index (χ1n) is 13.1. The fourth-order valence-electron chi connectivity index (χ4n) is 3.79. The first-order chi connectivity index (χ1) is 15.7. The number of esters is 2. The molecule has 182 valence electrons. The van der Waals surface area contributed by atoms with Gasteiger partial charge in [-0.05, 0) is 37.3 Å². The van der Waals surface area contributed by atoms with Gasteiger partial charge in [0.25, 0.3) is 0 Å². The van der Waals surface area contributed by atoms with E-state index in [1.165, 1.54) is 51.4 Å². The van der Waals surface area contributed by atoms with Crippen molar-refractivity contribution in [2.24, 2.45) is 0 Å². The molecule has 0 heterocycles. The fraction of sp³-hybridized carbons (Fsp3) is 0.714. The van der Waals surface area contributed by atoms with Crippen LogP contribution in [-0.4, -0.2) is 25.2 Å². The number of hydrogen-bond donors (Lipinski definition) is 0. The highest BCUT2D eigenvalue weighted by molar-refractivity contribution is 6.04. The normalized spacial score (nSPS) is 10.8. The van der Waals surface area contributed by atoms with E-state index in [1.54, 1.807) is 6.07 Å². The summed E-state index contributed by atoms with van der Waals surface area (Å²) >= 11 is 0. The van der Waals surface area contributed by atoms with E-state index in [0.717, 1.165) is 50.5 Å². The van der Waals surface area contributed by atoms with E-state index in [1.807, 2.05) is 12.1 Å². The largest absolute Gasteiger partial charge is 0.462 e. The van der Waals surface area contributed by atoms with Crippen LogP contribution in [0.2, 0.25) is 0 Å². The third kappa shape index (κ3) is 11.7. The van der Waals surface area contributed by atoms with Crippen LogP contribution in [0.15, 0.2) is 18.2 Å². The number of aryl methyl sites for hydroxylation is 1. The smallest absolute Gasteiger partial charge is 0.339 e. The van der Waals surface area contributed by atoms with Crippen molar-refractivity contribution in [2.75, 3.05) is 13.2 Å². The van der Waals surface area contributed by atoms with E-state index in [0.29, 0.717) is 24.3 Å². The number of ether oxygens (including phenoxy) is 2. The minimum absolute atomic E-state index is 0.340. The molecule has 0 bridgehead atoms. The molecule has 0 saturated heterocycles. The van der Waals surface area contributed by atoms with Gasteiger partial charge in [0, 0.05) is 0 Å². The Bertz CT molecular complexity index is 638. The van der Waals surface area contributed by atoms with E-state index in [4.69, 9.17) is 9.47 Å². The maximum Gasteiger partial charge on any atom is 0.339 e. The zero-order valence-corrected chi connectivity index (χ0v) is 20.9. The zero-order chi connectivity index (χ0) is 23.4. The predicted molar refractivity (Wildman–Crippen MR) is 132 cm³/mol. The quantitative estimate of drug-likeness (QED) is 0.159. The molecule has 0 fully saturated rings. The summed E-state index contributed by atoms with van der Waals surface area (Å²) in [5.41, 5.74) is 1.64. The Balaban J connectivity index is 2.64. The summed E-state index contributed by atoms with van der Waals surface area (Å²) in [5.74, 6) is -0.825. The van der Waals surface area contributed by atoms with Crippen molar-refractivity contribution in [3.05, 3.63) is 34.9 Å². The third-order valence-electron chi connectivity index (χ3n) is 5.84. The highest BCUT2D eigenvalue weighted by Gasteiger charge is 2.23. The molecule has 1 rings (SSSR count). The van der Waals surface area contributed by atoms with Gasteiger partial charge in [-0.2, -0.15) is 0 Å². The second-order valence-electron chi connectivity index (χ2n) is 8.75. The molecule has 1 aromatic carbocycles. The van der Waals surface area contributed by atoms with Crippen LogP contribution in [0.4, 0.5) is 0 Å². The van der Waals surface area contributed by atoms with Gasteiger partial charge in [0.15, 0.2) is 0 Å². The van der Waals surface area contributed by atoms with Gasteiger partial charge in [-0.25, -0.2) is 9.59 Å². The number of unbranched alkanes of at least 4 members (excludes halogenated alkanes) is 11. The second kappa shape index (κ2) is 18.7. The van der Waals surface area contributed by atoms with Gasteiger partial charge in [0.1, 0.15) is 0 Å². The highest BCUT2D eigenvalue weighted by atomic mass is 16.5. The number of carbonyl (C=O) groups excluding carboxylic acids is 2. The number of carbonyl (C=O) groups is 2. The van der Waals surface area contributed by atoms with E-state index in [-0.39, 0.29) is 0 Å². The first kappa shape index (κ1) is 28.2. The molecule has 1 aromatic rings. The van der Waals surface area contributed by atoms with Gasteiger partial charge in [-0.1, -0.05) is 104 Å². The molecule has 32 heavy (non-hydrogen) atoms. The Morgan fingerprint density at radius 1 is 0.625 bits per heavy atom. The van der Waals surface area contributed by atoms with E-state index in [9.17, 15) is 9.59 Å². The lowest BCUT2D eigenvalue weighted by molar-refractivity contribution is 0.0451. The van der Waals surface area contributed by atoms with Crippen LogP contribution in [0, 0.1) is 0 Å². The highest BCUT2D eigenvalue weighted by Crippen LogP contribution is 2.21. The topological polar surface area (TPSA) is 52.6 Å². The van der Waals surface area contributed by atoms with Crippen LogP contribution in [-0.2, 0) is 15.9 Å². The Morgan fingerprint density at radius 3 is 1.69 bits per heavy atom. The predicted octanol–water partition coefficient (Wildman–Crippen LogP) is 8.06. The molecule has 0 aliphatic rings. The number of benzene rings is 1. The van der Waals surface area contributed by atoms with Crippen LogP contribution >= 0.6 is 0 Å². The van der Waals surface area contributed by atoms with Gasteiger partial charge in [0.05, 0.1) is 24.3 Å². The Labute approximate surface area is 196 Å². The first-order valence-corrected chi connectivity index (χ1v) is 13.1. The molecule has 0 aliphatic heterocycles. The molecule has 4 nitrogen and oxygen atoms in total. The number of rotatable bonds is 19. The molecule has 0 atom stereocenters. The fourth-order valence-corrected chi connectivity index (χ4v) is 3.79. The van der Waals surface area contributed by atoms with E-state index < -0.39 is 11.9 Å². The molecular weight excluding hydrogens is 400 g/mol. The summed E-state index contributed by atoms with van der Waals surface area (Å²) in [6.45, 7) is 7.12. The van der Waals surface area contributed by atoms with Crippen molar-refractivity contribution in [2.45, 2.75) is 117 Å². The molecule has 0 unspecified atom stereocenters. The lowest BCUT2D eigenvalue weighted by Crippen LogP contribution is -2.17. The SMILES string of the molecule is CCCCCCCCCCCCc1cccc(C(=O)OCCCC)c1C(=O)OCCCC.